The summed E-state index contributed by atoms with van der Waals surface area (Å²) in [7, 11) is 0. The molecule has 0 aliphatic rings. The minimum atomic E-state index is -0.230. The molecule has 0 aliphatic carbocycles. The van der Waals surface area contributed by atoms with Crippen molar-refractivity contribution < 1.29 is 10.2 Å². The summed E-state index contributed by atoms with van der Waals surface area (Å²) in [6, 6.07) is 22.4. The lowest BCUT2D eigenvalue weighted by molar-refractivity contribution is -0.112. The monoisotopic (exact) mass is 409 g/mol. The van der Waals surface area contributed by atoms with Crippen LogP contribution in [0, 0.1) is 0 Å². The quantitative estimate of drug-likeness (QED) is 0.222. The molecule has 3 aromatic carbocycles. The van der Waals surface area contributed by atoms with E-state index in [0.29, 0.717) is 28.5 Å². The molecule has 0 atom stereocenters. The summed E-state index contributed by atoms with van der Waals surface area (Å²) >= 11 is 0. The lowest BCUT2D eigenvalue weighted by atomic mass is 9.98. The topological polar surface area (TPSA) is 122 Å². The smallest absolute Gasteiger partial charge is 0.248 e. The van der Waals surface area contributed by atoms with Gasteiger partial charge in [0.2, 0.25) is 11.6 Å². The largest absolute Gasteiger partial charge is 0.398 e. The van der Waals surface area contributed by atoms with E-state index in [1.165, 1.54) is 12.4 Å². The van der Waals surface area contributed by atoms with Crippen LogP contribution in [0.5, 0.6) is 0 Å². The van der Waals surface area contributed by atoms with E-state index in [9.17, 15) is 4.79 Å². The Labute approximate surface area is 179 Å². The Bertz CT molecular complexity index is 1250. The molecule has 6 N–H and O–H groups in total. The summed E-state index contributed by atoms with van der Waals surface area (Å²) < 4.78 is 0. The SMILES string of the molecule is Nc1ccc(-c2ncn[nH]2)cc1C(=[NH2+])c1cccc(NC(=O)/C=C/c2ccccc2)c1. The average molecular weight is 409 g/mol. The van der Waals surface area contributed by atoms with Crippen molar-refractivity contribution in [2.24, 2.45) is 0 Å². The van der Waals surface area contributed by atoms with Gasteiger partial charge in [-0.1, -0.05) is 36.4 Å². The van der Waals surface area contributed by atoms with Crippen LogP contribution in [0.1, 0.15) is 16.7 Å². The van der Waals surface area contributed by atoms with E-state index >= 15 is 0 Å². The molecule has 4 aromatic rings. The first-order chi connectivity index (χ1) is 15.1. The molecular weight excluding hydrogens is 388 g/mol. The lowest BCUT2D eigenvalue weighted by Gasteiger charge is -2.08. The van der Waals surface area contributed by atoms with Gasteiger partial charge in [0.05, 0.1) is 5.56 Å². The van der Waals surface area contributed by atoms with Gasteiger partial charge in [-0.15, -0.1) is 0 Å². The van der Waals surface area contributed by atoms with Gasteiger partial charge in [-0.3, -0.25) is 15.3 Å². The van der Waals surface area contributed by atoms with Crippen molar-refractivity contribution >= 4 is 29.1 Å². The van der Waals surface area contributed by atoms with Crippen LogP contribution in [-0.4, -0.2) is 26.8 Å². The van der Waals surface area contributed by atoms with Gasteiger partial charge in [-0.05, 0) is 48.0 Å². The number of carbonyl (C=O) groups excluding carboxylic acids is 1. The van der Waals surface area contributed by atoms with Crippen molar-refractivity contribution in [3.05, 3.63) is 102 Å². The highest BCUT2D eigenvalue weighted by molar-refractivity contribution is 6.13. The van der Waals surface area contributed by atoms with Gasteiger partial charge in [-0.2, -0.15) is 5.10 Å². The molecule has 0 aliphatic heterocycles. The van der Waals surface area contributed by atoms with Crippen molar-refractivity contribution in [3.8, 4) is 11.4 Å². The van der Waals surface area contributed by atoms with Gasteiger partial charge in [0.25, 0.3) is 0 Å². The zero-order valence-electron chi connectivity index (χ0n) is 16.6. The van der Waals surface area contributed by atoms with Crippen molar-refractivity contribution in [2.45, 2.75) is 0 Å². The van der Waals surface area contributed by atoms with E-state index in [4.69, 9.17) is 11.1 Å². The molecule has 1 aromatic heterocycles. The predicted octanol–water partition coefficient (Wildman–Crippen LogP) is 2.30. The van der Waals surface area contributed by atoms with E-state index in [2.05, 4.69) is 20.5 Å². The minimum absolute atomic E-state index is 0.230. The highest BCUT2D eigenvalue weighted by atomic mass is 16.1. The van der Waals surface area contributed by atoms with E-state index in [1.807, 2.05) is 60.7 Å². The first kappa shape index (κ1) is 19.8. The number of aromatic nitrogens is 3. The van der Waals surface area contributed by atoms with Crippen molar-refractivity contribution in [3.63, 3.8) is 0 Å². The standard InChI is InChI=1S/C24H20N6O/c25-21-11-10-18(24-27-15-28-30-24)14-20(21)23(26)17-7-4-8-19(13-17)29-22(31)12-9-16-5-2-1-3-6-16/h1-15,26H,25H2,(H,29,31)(H,27,28,30)/p+1/b12-9+,26-23?. The summed E-state index contributed by atoms with van der Waals surface area (Å²) in [6.45, 7) is 0. The Morgan fingerprint density at radius 2 is 1.87 bits per heavy atom. The Hall–Kier alpha value is -4.52. The van der Waals surface area contributed by atoms with Gasteiger partial charge in [0.1, 0.15) is 6.33 Å². The molecule has 0 bridgehead atoms. The normalized spacial score (nSPS) is 10.8. The maximum absolute atomic E-state index is 12.3. The van der Waals surface area contributed by atoms with Crippen LogP contribution in [0.2, 0.25) is 0 Å². The molecule has 152 valence electrons. The molecule has 0 fully saturated rings. The summed E-state index contributed by atoms with van der Waals surface area (Å²) in [5, 5.41) is 16.0. The molecule has 0 spiro atoms. The van der Waals surface area contributed by atoms with Gasteiger partial charge in [-0.25, -0.2) is 4.98 Å². The third-order valence-electron chi connectivity index (χ3n) is 4.70. The van der Waals surface area contributed by atoms with Crippen LogP contribution >= 0.6 is 0 Å². The van der Waals surface area contributed by atoms with Gasteiger partial charge >= 0.3 is 0 Å². The second-order valence-electron chi connectivity index (χ2n) is 6.86. The number of aromatic amines is 1. The van der Waals surface area contributed by atoms with E-state index in [1.54, 1.807) is 18.2 Å². The van der Waals surface area contributed by atoms with Crippen molar-refractivity contribution in [2.75, 3.05) is 11.1 Å². The van der Waals surface area contributed by atoms with Crippen LogP contribution in [-0.2, 0) is 4.79 Å². The van der Waals surface area contributed by atoms with Crippen LogP contribution in [0.25, 0.3) is 17.5 Å². The average Bonchev–Trinajstić information content (AvgIpc) is 3.33. The highest BCUT2D eigenvalue weighted by Gasteiger charge is 2.16. The molecule has 1 heterocycles. The van der Waals surface area contributed by atoms with Crippen LogP contribution in [0.15, 0.2) is 85.2 Å². The highest BCUT2D eigenvalue weighted by Crippen LogP contribution is 2.23. The number of anilines is 2. The van der Waals surface area contributed by atoms with Crippen LogP contribution in [0.4, 0.5) is 11.4 Å². The fraction of sp³-hybridized carbons (Fsp3) is 0. The maximum atomic E-state index is 12.3. The minimum Gasteiger partial charge on any atom is -0.398 e. The third kappa shape index (κ3) is 4.73. The number of benzene rings is 3. The number of nitrogen functional groups attached to an aromatic ring is 1. The number of nitrogens with two attached hydrogens (primary N) is 2. The molecular formula is C24H21N6O+. The number of nitrogens with one attached hydrogen (secondary N) is 2. The number of rotatable bonds is 6. The summed E-state index contributed by atoms with van der Waals surface area (Å²) in [5.74, 6) is 0.395. The van der Waals surface area contributed by atoms with Crippen molar-refractivity contribution in [1.29, 1.82) is 0 Å². The Kier molecular flexibility index (Phi) is 5.66. The summed E-state index contributed by atoms with van der Waals surface area (Å²) in [4.78, 5) is 16.5. The Balaban J connectivity index is 1.53. The summed E-state index contributed by atoms with van der Waals surface area (Å²) in [5.41, 5.74) is 11.0. The molecule has 0 saturated heterocycles. The van der Waals surface area contributed by atoms with E-state index in [-0.39, 0.29) is 5.91 Å². The van der Waals surface area contributed by atoms with Gasteiger partial charge < -0.3 is 11.1 Å². The molecule has 7 heteroatoms. The molecule has 7 nitrogen and oxygen atoms in total. The molecule has 0 radical (unpaired) electrons. The predicted molar refractivity (Wildman–Crippen MR) is 122 cm³/mol. The Morgan fingerprint density at radius 1 is 1.03 bits per heavy atom. The zero-order valence-corrected chi connectivity index (χ0v) is 16.6. The number of hydrogen-bond donors (Lipinski definition) is 4. The molecule has 1 amide bonds. The number of carbonyl (C=O) groups is 1. The third-order valence-corrected chi connectivity index (χ3v) is 4.70. The molecule has 31 heavy (non-hydrogen) atoms. The first-order valence-electron chi connectivity index (χ1n) is 9.63. The summed E-state index contributed by atoms with van der Waals surface area (Å²) in [6.07, 6.45) is 4.69. The van der Waals surface area contributed by atoms with Gasteiger partial charge in [0.15, 0.2) is 5.82 Å². The maximum Gasteiger partial charge on any atom is 0.248 e. The zero-order chi connectivity index (χ0) is 21.6. The van der Waals surface area contributed by atoms with Crippen molar-refractivity contribution in [1.82, 2.24) is 15.2 Å². The number of hydrogen-bond acceptors (Lipinski definition) is 4. The molecule has 4 rings (SSSR count). The Morgan fingerprint density at radius 3 is 2.65 bits per heavy atom. The van der Waals surface area contributed by atoms with Crippen LogP contribution < -0.4 is 16.5 Å². The number of nitrogens with zero attached hydrogens (tertiary/aromatic N) is 2. The van der Waals surface area contributed by atoms with E-state index in [0.717, 1.165) is 16.7 Å². The van der Waals surface area contributed by atoms with Crippen LogP contribution in [0.3, 0.4) is 0 Å². The van der Waals surface area contributed by atoms with E-state index < -0.39 is 0 Å². The number of H-pyrrole nitrogens is 1. The second kappa shape index (κ2) is 8.87. The fourth-order valence-electron chi connectivity index (χ4n) is 3.12. The first-order valence-corrected chi connectivity index (χ1v) is 9.63. The fourth-order valence-corrected chi connectivity index (χ4v) is 3.12. The molecule has 0 saturated carbocycles. The van der Waals surface area contributed by atoms with Gasteiger partial charge in [0, 0.05) is 28.6 Å². The molecule has 0 unspecified atom stereocenters. The number of amides is 1. The lowest BCUT2D eigenvalue weighted by Crippen LogP contribution is -2.41. The second-order valence-corrected chi connectivity index (χ2v) is 6.86.